The van der Waals surface area contributed by atoms with Gasteiger partial charge in [0.1, 0.15) is 5.01 Å². The number of nitrogens with one attached hydrogen (secondary N) is 2. The van der Waals surface area contributed by atoms with Crippen LogP contribution in [0.3, 0.4) is 0 Å². The number of carbonyl (C=O) groups excluding carboxylic acids is 1. The third kappa shape index (κ3) is 3.79. The number of urea groups is 1. The molecule has 0 aliphatic rings. The van der Waals surface area contributed by atoms with Crippen molar-refractivity contribution in [2.24, 2.45) is 0 Å². The predicted octanol–water partition coefficient (Wildman–Crippen LogP) is 2.78. The van der Waals surface area contributed by atoms with Gasteiger partial charge in [0.05, 0.1) is 17.8 Å². The van der Waals surface area contributed by atoms with E-state index in [4.69, 9.17) is 5.11 Å². The van der Waals surface area contributed by atoms with Gasteiger partial charge in [-0.05, 0) is 25.5 Å². The average Bonchev–Trinajstić information content (AvgIpc) is 2.84. The van der Waals surface area contributed by atoms with Crippen LogP contribution in [0.2, 0.25) is 0 Å². The number of nitrogens with zero attached hydrogens (tertiary/aromatic N) is 1. The Balaban J connectivity index is 2.04. The second kappa shape index (κ2) is 6.36. The molecule has 0 aliphatic heterocycles. The van der Waals surface area contributed by atoms with Gasteiger partial charge < -0.3 is 15.7 Å². The maximum Gasteiger partial charge on any atom is 0.337 e. The molecule has 0 aliphatic carbocycles. The lowest BCUT2D eigenvalue weighted by Gasteiger charge is -2.11. The minimum Gasteiger partial charge on any atom is -0.478 e. The Kier molecular flexibility index (Phi) is 4.54. The fourth-order valence-corrected chi connectivity index (χ4v) is 2.54. The van der Waals surface area contributed by atoms with Gasteiger partial charge in [-0.25, -0.2) is 14.6 Å². The van der Waals surface area contributed by atoms with Crippen LogP contribution in [0.1, 0.15) is 25.8 Å². The molecule has 0 bridgehead atoms. The molecule has 0 fully saturated rings. The van der Waals surface area contributed by atoms with Crippen molar-refractivity contribution in [3.63, 3.8) is 0 Å². The highest BCUT2D eigenvalue weighted by atomic mass is 32.1. The summed E-state index contributed by atoms with van der Waals surface area (Å²) in [5.74, 6) is -1.08. The summed E-state index contributed by atoms with van der Waals surface area (Å²) >= 11 is 1.50. The number of para-hydroxylation sites is 1. The number of amides is 2. The quantitative estimate of drug-likeness (QED) is 0.810. The molecule has 0 radical (unpaired) electrons. The fourth-order valence-electron chi connectivity index (χ4n) is 1.81. The van der Waals surface area contributed by atoms with Gasteiger partial charge in [0.2, 0.25) is 0 Å². The van der Waals surface area contributed by atoms with Crippen molar-refractivity contribution in [1.29, 1.82) is 0 Å². The van der Waals surface area contributed by atoms with E-state index < -0.39 is 12.0 Å². The van der Waals surface area contributed by atoms with E-state index in [1.54, 1.807) is 25.3 Å². The molecule has 2 aromatic rings. The van der Waals surface area contributed by atoms with Gasteiger partial charge in [-0.15, -0.1) is 11.3 Å². The summed E-state index contributed by atoms with van der Waals surface area (Å²) in [7, 11) is 0. The number of carboxylic acid groups (broad SMARTS) is 1. The first-order valence-electron chi connectivity index (χ1n) is 6.26. The second-order valence-electron chi connectivity index (χ2n) is 4.47. The summed E-state index contributed by atoms with van der Waals surface area (Å²) < 4.78 is 0. The summed E-state index contributed by atoms with van der Waals surface area (Å²) in [6, 6.07) is 4.38. The second-order valence-corrected chi connectivity index (χ2v) is 5.79. The van der Waals surface area contributed by atoms with Crippen molar-refractivity contribution in [1.82, 2.24) is 10.3 Å². The SMILES string of the molecule is Cc1cnc(CNC(=O)Nc2c(C)cccc2C(=O)O)s1. The zero-order valence-electron chi connectivity index (χ0n) is 11.6. The summed E-state index contributed by atoms with van der Waals surface area (Å²) in [5, 5.41) is 15.2. The van der Waals surface area contributed by atoms with Crippen molar-refractivity contribution in [3.8, 4) is 0 Å². The molecule has 110 valence electrons. The fraction of sp³-hybridized carbons (Fsp3) is 0.214. The van der Waals surface area contributed by atoms with E-state index in [1.165, 1.54) is 17.4 Å². The van der Waals surface area contributed by atoms with Gasteiger partial charge in [0, 0.05) is 11.1 Å². The van der Waals surface area contributed by atoms with E-state index in [0.717, 1.165) is 9.88 Å². The van der Waals surface area contributed by atoms with Crippen LogP contribution < -0.4 is 10.6 Å². The van der Waals surface area contributed by atoms with E-state index in [1.807, 2.05) is 6.92 Å². The number of aromatic nitrogens is 1. The van der Waals surface area contributed by atoms with E-state index in [2.05, 4.69) is 15.6 Å². The first kappa shape index (κ1) is 15.0. The molecule has 2 rings (SSSR count). The molecule has 1 aromatic heterocycles. The molecular weight excluding hydrogens is 290 g/mol. The lowest BCUT2D eigenvalue weighted by atomic mass is 10.1. The third-order valence-electron chi connectivity index (χ3n) is 2.81. The van der Waals surface area contributed by atoms with Crippen LogP contribution in [0.25, 0.3) is 0 Å². The molecule has 1 heterocycles. The van der Waals surface area contributed by atoms with Crippen LogP contribution in [0.15, 0.2) is 24.4 Å². The Morgan fingerprint density at radius 3 is 2.71 bits per heavy atom. The van der Waals surface area contributed by atoms with Gasteiger partial charge in [0.15, 0.2) is 0 Å². The Morgan fingerprint density at radius 1 is 1.33 bits per heavy atom. The number of hydrogen-bond acceptors (Lipinski definition) is 4. The first-order chi connectivity index (χ1) is 9.97. The molecule has 0 saturated heterocycles. The van der Waals surface area contributed by atoms with Crippen molar-refractivity contribution in [2.45, 2.75) is 20.4 Å². The van der Waals surface area contributed by atoms with Gasteiger partial charge >= 0.3 is 12.0 Å². The maximum absolute atomic E-state index is 11.9. The third-order valence-corrected chi connectivity index (χ3v) is 3.72. The van der Waals surface area contributed by atoms with Crippen LogP contribution >= 0.6 is 11.3 Å². The molecule has 2 amide bonds. The van der Waals surface area contributed by atoms with Gasteiger partial charge in [-0.3, -0.25) is 0 Å². The Labute approximate surface area is 125 Å². The number of carbonyl (C=O) groups is 2. The number of carboxylic acids is 1. The molecule has 0 unspecified atom stereocenters. The summed E-state index contributed by atoms with van der Waals surface area (Å²) in [6.45, 7) is 3.98. The number of hydrogen-bond donors (Lipinski definition) is 3. The lowest BCUT2D eigenvalue weighted by molar-refractivity contribution is 0.0698. The molecule has 0 saturated carbocycles. The largest absolute Gasteiger partial charge is 0.478 e. The number of aryl methyl sites for hydroxylation is 2. The number of thiazole rings is 1. The van der Waals surface area contributed by atoms with Crippen LogP contribution in [0, 0.1) is 13.8 Å². The molecule has 1 aromatic carbocycles. The molecule has 0 spiro atoms. The van der Waals surface area contributed by atoms with Gasteiger partial charge in [-0.1, -0.05) is 12.1 Å². The van der Waals surface area contributed by atoms with Crippen LogP contribution in [-0.4, -0.2) is 22.1 Å². The van der Waals surface area contributed by atoms with Crippen molar-refractivity contribution >= 4 is 29.0 Å². The summed E-state index contributed by atoms with van der Waals surface area (Å²) in [5.41, 5.74) is 1.06. The topological polar surface area (TPSA) is 91.3 Å². The minimum absolute atomic E-state index is 0.0650. The molecule has 21 heavy (non-hydrogen) atoms. The van der Waals surface area contributed by atoms with Crippen LogP contribution in [-0.2, 0) is 6.54 Å². The van der Waals surface area contributed by atoms with Crippen LogP contribution in [0.4, 0.5) is 10.5 Å². The maximum atomic E-state index is 11.9. The highest BCUT2D eigenvalue weighted by Crippen LogP contribution is 2.20. The standard InChI is InChI=1S/C14H15N3O3S/c1-8-4-3-5-10(13(18)19)12(8)17-14(20)16-7-11-15-6-9(2)21-11/h3-6H,7H2,1-2H3,(H,18,19)(H2,16,17,20). The van der Waals surface area contributed by atoms with Crippen molar-refractivity contribution in [3.05, 3.63) is 45.4 Å². The summed E-state index contributed by atoms with van der Waals surface area (Å²) in [6.07, 6.45) is 1.74. The number of rotatable bonds is 4. The Bertz CT molecular complexity index is 682. The highest BCUT2D eigenvalue weighted by molar-refractivity contribution is 7.11. The van der Waals surface area contributed by atoms with Crippen molar-refractivity contribution < 1.29 is 14.7 Å². The Morgan fingerprint density at radius 2 is 2.10 bits per heavy atom. The number of anilines is 1. The first-order valence-corrected chi connectivity index (χ1v) is 7.08. The molecule has 7 heteroatoms. The Hall–Kier alpha value is -2.41. The van der Waals surface area contributed by atoms with Gasteiger partial charge in [0.25, 0.3) is 0 Å². The zero-order chi connectivity index (χ0) is 15.4. The highest BCUT2D eigenvalue weighted by Gasteiger charge is 2.14. The van der Waals surface area contributed by atoms with E-state index >= 15 is 0 Å². The smallest absolute Gasteiger partial charge is 0.337 e. The number of aromatic carboxylic acids is 1. The normalized spacial score (nSPS) is 10.2. The van der Waals surface area contributed by atoms with Crippen LogP contribution in [0.5, 0.6) is 0 Å². The van der Waals surface area contributed by atoms with E-state index in [-0.39, 0.29) is 5.56 Å². The average molecular weight is 305 g/mol. The molecule has 3 N–H and O–H groups in total. The lowest BCUT2D eigenvalue weighted by Crippen LogP contribution is -2.29. The summed E-state index contributed by atoms with van der Waals surface area (Å²) in [4.78, 5) is 28.2. The monoisotopic (exact) mass is 305 g/mol. The van der Waals surface area contributed by atoms with Crippen molar-refractivity contribution in [2.75, 3.05) is 5.32 Å². The number of benzene rings is 1. The molecular formula is C14H15N3O3S. The van der Waals surface area contributed by atoms with E-state index in [9.17, 15) is 9.59 Å². The molecule has 0 atom stereocenters. The zero-order valence-corrected chi connectivity index (χ0v) is 12.5. The molecule has 6 nitrogen and oxygen atoms in total. The van der Waals surface area contributed by atoms with Gasteiger partial charge in [-0.2, -0.15) is 0 Å². The van der Waals surface area contributed by atoms with E-state index in [0.29, 0.717) is 17.8 Å². The minimum atomic E-state index is -1.08. The predicted molar refractivity (Wildman–Crippen MR) is 80.8 cm³/mol.